The van der Waals surface area contributed by atoms with Crippen molar-refractivity contribution in [1.82, 2.24) is 0 Å². The van der Waals surface area contributed by atoms with Crippen molar-refractivity contribution in [3.8, 4) is 0 Å². The van der Waals surface area contributed by atoms with E-state index in [1.54, 1.807) is 0 Å². The standard InChI is InChI=1S/C6H10N2O3/c7-6(5(9)10)2-1-4(3-6)8-11/h11H,1-3,7H2,(H,9,10). The quantitative estimate of drug-likeness (QED) is 0.363. The van der Waals surface area contributed by atoms with Crippen LogP contribution in [0.3, 0.4) is 0 Å². The first-order valence-electron chi connectivity index (χ1n) is 3.30. The summed E-state index contributed by atoms with van der Waals surface area (Å²) in [7, 11) is 0. The minimum Gasteiger partial charge on any atom is -0.480 e. The van der Waals surface area contributed by atoms with E-state index >= 15 is 0 Å². The van der Waals surface area contributed by atoms with Gasteiger partial charge in [0.1, 0.15) is 5.54 Å². The molecule has 11 heavy (non-hydrogen) atoms. The van der Waals surface area contributed by atoms with E-state index in [-0.39, 0.29) is 6.42 Å². The predicted molar refractivity (Wildman–Crippen MR) is 37.6 cm³/mol. The van der Waals surface area contributed by atoms with E-state index < -0.39 is 11.5 Å². The lowest BCUT2D eigenvalue weighted by Gasteiger charge is -2.15. The Hall–Kier alpha value is -1.10. The number of carboxylic acids is 1. The SMILES string of the molecule is NC1(C(=O)O)CCC(=NO)C1. The van der Waals surface area contributed by atoms with E-state index in [0.29, 0.717) is 18.6 Å². The monoisotopic (exact) mass is 158 g/mol. The Labute approximate surface area is 63.5 Å². The Kier molecular flexibility index (Phi) is 1.82. The van der Waals surface area contributed by atoms with E-state index in [4.69, 9.17) is 16.0 Å². The summed E-state index contributed by atoms with van der Waals surface area (Å²) in [5.41, 5.74) is 4.74. The van der Waals surface area contributed by atoms with E-state index in [1.807, 2.05) is 0 Å². The molecule has 62 valence electrons. The molecule has 5 heteroatoms. The van der Waals surface area contributed by atoms with Gasteiger partial charge in [0.15, 0.2) is 0 Å². The average Bonchev–Trinajstić information content (AvgIpc) is 2.33. The fourth-order valence-electron chi connectivity index (χ4n) is 1.18. The number of rotatable bonds is 1. The summed E-state index contributed by atoms with van der Waals surface area (Å²) >= 11 is 0. The van der Waals surface area contributed by atoms with E-state index in [1.165, 1.54) is 0 Å². The Morgan fingerprint density at radius 1 is 1.73 bits per heavy atom. The maximum Gasteiger partial charge on any atom is 0.324 e. The van der Waals surface area contributed by atoms with Gasteiger partial charge in [-0.15, -0.1) is 0 Å². The van der Waals surface area contributed by atoms with Gasteiger partial charge in [0.05, 0.1) is 5.71 Å². The maximum absolute atomic E-state index is 10.5. The second-order valence-electron chi connectivity index (χ2n) is 2.80. The first-order valence-corrected chi connectivity index (χ1v) is 3.30. The molecule has 0 radical (unpaired) electrons. The largest absolute Gasteiger partial charge is 0.480 e. The van der Waals surface area contributed by atoms with Crippen LogP contribution >= 0.6 is 0 Å². The van der Waals surface area contributed by atoms with Crippen LogP contribution in [-0.4, -0.2) is 27.5 Å². The van der Waals surface area contributed by atoms with E-state index in [9.17, 15) is 4.79 Å². The van der Waals surface area contributed by atoms with Crippen molar-refractivity contribution >= 4 is 11.7 Å². The molecule has 0 bridgehead atoms. The first-order chi connectivity index (χ1) is 5.08. The highest BCUT2D eigenvalue weighted by Gasteiger charge is 2.40. The third kappa shape index (κ3) is 1.32. The number of hydrogen-bond donors (Lipinski definition) is 3. The zero-order chi connectivity index (χ0) is 8.48. The van der Waals surface area contributed by atoms with Crippen LogP contribution in [0.1, 0.15) is 19.3 Å². The molecule has 1 fully saturated rings. The summed E-state index contributed by atoms with van der Waals surface area (Å²) < 4.78 is 0. The molecule has 0 amide bonds. The molecule has 4 N–H and O–H groups in total. The highest BCUT2D eigenvalue weighted by Crippen LogP contribution is 2.25. The van der Waals surface area contributed by atoms with Crippen molar-refractivity contribution in [1.29, 1.82) is 0 Å². The third-order valence-electron chi connectivity index (χ3n) is 1.95. The van der Waals surface area contributed by atoms with E-state index in [0.717, 1.165) is 0 Å². The van der Waals surface area contributed by atoms with Gasteiger partial charge < -0.3 is 16.0 Å². The number of hydrogen-bond acceptors (Lipinski definition) is 4. The molecule has 0 saturated heterocycles. The lowest BCUT2D eigenvalue weighted by Crippen LogP contribution is -2.45. The molecule has 5 nitrogen and oxygen atoms in total. The highest BCUT2D eigenvalue weighted by atomic mass is 16.4. The fraction of sp³-hybridized carbons (Fsp3) is 0.667. The molecule has 1 aliphatic carbocycles. The zero-order valence-electron chi connectivity index (χ0n) is 5.95. The molecule has 0 aromatic rings. The highest BCUT2D eigenvalue weighted by molar-refractivity contribution is 5.95. The maximum atomic E-state index is 10.5. The summed E-state index contributed by atoms with van der Waals surface area (Å²) in [5.74, 6) is -1.03. The second kappa shape index (κ2) is 2.50. The molecular weight excluding hydrogens is 148 g/mol. The summed E-state index contributed by atoms with van der Waals surface area (Å²) in [6.45, 7) is 0. The van der Waals surface area contributed by atoms with Gasteiger partial charge in [-0.2, -0.15) is 0 Å². The van der Waals surface area contributed by atoms with Crippen molar-refractivity contribution in [2.45, 2.75) is 24.8 Å². The third-order valence-corrected chi connectivity index (χ3v) is 1.95. The molecule has 1 aliphatic rings. The molecule has 1 saturated carbocycles. The number of aliphatic carboxylic acids is 1. The van der Waals surface area contributed by atoms with Gasteiger partial charge in [-0.3, -0.25) is 4.79 Å². The summed E-state index contributed by atoms with van der Waals surface area (Å²) in [5, 5.41) is 19.9. The van der Waals surface area contributed by atoms with Gasteiger partial charge in [-0.25, -0.2) is 0 Å². The van der Waals surface area contributed by atoms with Crippen molar-refractivity contribution in [3.63, 3.8) is 0 Å². The molecule has 1 rings (SSSR count). The van der Waals surface area contributed by atoms with Gasteiger partial charge in [0.25, 0.3) is 0 Å². The number of nitrogens with two attached hydrogens (primary N) is 1. The Morgan fingerprint density at radius 3 is 2.64 bits per heavy atom. The van der Waals surface area contributed by atoms with Crippen LogP contribution in [0.2, 0.25) is 0 Å². The topological polar surface area (TPSA) is 95.9 Å². The summed E-state index contributed by atoms with van der Waals surface area (Å²) in [6.07, 6.45) is 0.972. The zero-order valence-corrected chi connectivity index (χ0v) is 5.95. The Morgan fingerprint density at radius 2 is 2.36 bits per heavy atom. The van der Waals surface area contributed by atoms with Crippen molar-refractivity contribution < 1.29 is 15.1 Å². The normalized spacial score (nSPS) is 34.5. The molecule has 0 aliphatic heterocycles. The van der Waals surface area contributed by atoms with Crippen LogP contribution in [0, 0.1) is 0 Å². The molecule has 1 atom stereocenters. The van der Waals surface area contributed by atoms with Gasteiger partial charge in [-0.1, -0.05) is 5.16 Å². The van der Waals surface area contributed by atoms with E-state index in [2.05, 4.69) is 5.16 Å². The predicted octanol–water partition coefficient (Wildman–Crippen LogP) is -0.217. The number of carbonyl (C=O) groups is 1. The van der Waals surface area contributed by atoms with Crippen LogP contribution in [-0.2, 0) is 4.79 Å². The number of nitrogens with zero attached hydrogens (tertiary/aromatic N) is 1. The van der Waals surface area contributed by atoms with Crippen LogP contribution in [0.25, 0.3) is 0 Å². The molecule has 0 heterocycles. The van der Waals surface area contributed by atoms with Gasteiger partial charge >= 0.3 is 5.97 Å². The molecule has 0 spiro atoms. The van der Waals surface area contributed by atoms with Crippen LogP contribution in [0.15, 0.2) is 5.16 Å². The van der Waals surface area contributed by atoms with Crippen LogP contribution < -0.4 is 5.73 Å². The summed E-state index contributed by atoms with van der Waals surface area (Å²) in [4.78, 5) is 10.5. The molecular formula is C6H10N2O3. The Bertz CT molecular complexity index is 214. The lowest BCUT2D eigenvalue weighted by molar-refractivity contribution is -0.142. The lowest BCUT2D eigenvalue weighted by atomic mass is 10.00. The summed E-state index contributed by atoms with van der Waals surface area (Å²) in [6, 6.07) is 0. The van der Waals surface area contributed by atoms with Crippen LogP contribution in [0.5, 0.6) is 0 Å². The van der Waals surface area contributed by atoms with Crippen molar-refractivity contribution in [2.24, 2.45) is 10.9 Å². The average molecular weight is 158 g/mol. The minimum atomic E-state index is -1.21. The molecule has 1 unspecified atom stereocenters. The second-order valence-corrected chi connectivity index (χ2v) is 2.80. The smallest absolute Gasteiger partial charge is 0.324 e. The number of oxime groups is 1. The minimum absolute atomic E-state index is 0.152. The number of carboxylic acid groups (broad SMARTS) is 1. The van der Waals surface area contributed by atoms with Gasteiger partial charge in [0.2, 0.25) is 0 Å². The van der Waals surface area contributed by atoms with Gasteiger partial charge in [0, 0.05) is 6.42 Å². The Balaban J connectivity index is 2.73. The van der Waals surface area contributed by atoms with Crippen molar-refractivity contribution in [2.75, 3.05) is 0 Å². The fourth-order valence-corrected chi connectivity index (χ4v) is 1.18. The molecule has 0 aromatic heterocycles. The molecule has 0 aromatic carbocycles. The first kappa shape index (κ1) is 8.00. The van der Waals surface area contributed by atoms with Crippen molar-refractivity contribution in [3.05, 3.63) is 0 Å². The van der Waals surface area contributed by atoms with Crippen LogP contribution in [0.4, 0.5) is 0 Å². The van der Waals surface area contributed by atoms with Gasteiger partial charge in [-0.05, 0) is 12.8 Å².